The lowest BCUT2D eigenvalue weighted by Gasteiger charge is -2.31. The van der Waals surface area contributed by atoms with Crippen molar-refractivity contribution in [1.82, 2.24) is 0 Å². The molecule has 276 valence electrons. The zero-order valence-electron chi connectivity index (χ0n) is 31.0. The first-order valence-electron chi connectivity index (χ1n) is 17.2. The highest BCUT2D eigenvalue weighted by Crippen LogP contribution is 2.43. The van der Waals surface area contributed by atoms with E-state index in [-0.39, 0.29) is 34.6 Å². The lowest BCUT2D eigenvalue weighted by Crippen LogP contribution is -2.38. The molecule has 0 fully saturated rings. The lowest BCUT2D eigenvalue weighted by molar-refractivity contribution is -0.186. The van der Waals surface area contributed by atoms with Gasteiger partial charge in [0, 0.05) is 0 Å². The SMILES string of the molecule is CCC(C)(C)c1ccc(O)cc1.CCC(C)(c1ccc(O)cc1)C(F)(F)F.CCC(C)c1ccc(O)c(O)c1.CCC(C)c1ccc(O)cc1. The molecule has 5 nitrogen and oxygen atoms in total. The number of hydrogen-bond donors (Lipinski definition) is 5. The molecule has 3 unspecified atom stereocenters. The molecule has 3 atom stereocenters. The maximum Gasteiger partial charge on any atom is 0.398 e. The van der Waals surface area contributed by atoms with Crippen LogP contribution in [-0.2, 0) is 10.8 Å². The minimum absolute atomic E-state index is 0.0265. The predicted molar refractivity (Wildman–Crippen MR) is 199 cm³/mol. The van der Waals surface area contributed by atoms with E-state index in [4.69, 9.17) is 20.4 Å². The van der Waals surface area contributed by atoms with Crippen LogP contribution >= 0.6 is 0 Å². The number of phenols is 5. The molecule has 0 saturated carbocycles. The second-order valence-corrected chi connectivity index (χ2v) is 13.5. The van der Waals surface area contributed by atoms with E-state index in [0.717, 1.165) is 24.8 Å². The van der Waals surface area contributed by atoms with Gasteiger partial charge in [0.05, 0.1) is 5.41 Å². The Morgan fingerprint density at radius 3 is 1.24 bits per heavy atom. The third-order valence-electron chi connectivity index (χ3n) is 9.63. The lowest BCUT2D eigenvalue weighted by atomic mass is 9.79. The van der Waals surface area contributed by atoms with Crippen LogP contribution in [0.3, 0.4) is 0 Å². The molecule has 4 aromatic carbocycles. The normalized spacial score (nSPS) is 13.5. The summed E-state index contributed by atoms with van der Waals surface area (Å²) < 4.78 is 38.5. The van der Waals surface area contributed by atoms with Crippen LogP contribution in [0.5, 0.6) is 28.7 Å². The number of phenolic OH excluding ortho intramolecular Hbond substituents is 5. The molecule has 8 heteroatoms. The Balaban J connectivity index is 0.000000336. The van der Waals surface area contributed by atoms with Gasteiger partial charge in [0.2, 0.25) is 0 Å². The second kappa shape index (κ2) is 19.8. The number of halogens is 3. The van der Waals surface area contributed by atoms with Gasteiger partial charge in [-0.25, -0.2) is 0 Å². The Morgan fingerprint density at radius 1 is 0.500 bits per heavy atom. The van der Waals surface area contributed by atoms with Gasteiger partial charge in [-0.2, -0.15) is 13.2 Å². The Morgan fingerprint density at radius 2 is 0.880 bits per heavy atom. The third-order valence-corrected chi connectivity index (χ3v) is 9.63. The summed E-state index contributed by atoms with van der Waals surface area (Å²) in [5.41, 5.74) is 2.19. The Labute approximate surface area is 297 Å². The van der Waals surface area contributed by atoms with E-state index in [9.17, 15) is 18.3 Å². The van der Waals surface area contributed by atoms with Crippen molar-refractivity contribution >= 4 is 0 Å². The Hall–Kier alpha value is -4.33. The molecule has 0 spiro atoms. The van der Waals surface area contributed by atoms with Crippen molar-refractivity contribution in [3.8, 4) is 28.7 Å². The smallest absolute Gasteiger partial charge is 0.398 e. The number of alkyl halides is 3. The monoisotopic (exact) mass is 698 g/mol. The highest BCUT2D eigenvalue weighted by Gasteiger charge is 2.50. The minimum atomic E-state index is -4.28. The van der Waals surface area contributed by atoms with E-state index < -0.39 is 11.6 Å². The fourth-order valence-electron chi connectivity index (χ4n) is 4.64. The number of rotatable bonds is 8. The van der Waals surface area contributed by atoms with Crippen LogP contribution in [0.2, 0.25) is 0 Å². The molecule has 4 rings (SSSR count). The van der Waals surface area contributed by atoms with E-state index in [1.807, 2.05) is 30.3 Å². The van der Waals surface area contributed by atoms with Gasteiger partial charge in [-0.15, -0.1) is 0 Å². The summed E-state index contributed by atoms with van der Waals surface area (Å²) in [5, 5.41) is 45.4. The molecule has 0 aliphatic rings. The summed E-state index contributed by atoms with van der Waals surface area (Å²) in [5.74, 6) is 1.59. The molecule has 0 aliphatic carbocycles. The highest BCUT2D eigenvalue weighted by atomic mass is 19.4. The van der Waals surface area contributed by atoms with Crippen molar-refractivity contribution in [2.45, 2.75) is 117 Å². The van der Waals surface area contributed by atoms with E-state index >= 15 is 0 Å². The number of aromatic hydroxyl groups is 5. The van der Waals surface area contributed by atoms with Crippen LogP contribution in [0.25, 0.3) is 0 Å². The quantitative estimate of drug-likeness (QED) is 0.118. The van der Waals surface area contributed by atoms with E-state index in [0.29, 0.717) is 23.3 Å². The summed E-state index contributed by atoms with van der Waals surface area (Å²) >= 11 is 0. The molecule has 4 aromatic rings. The first-order chi connectivity index (χ1) is 23.3. The molecular weight excluding hydrogens is 641 g/mol. The largest absolute Gasteiger partial charge is 0.508 e. The van der Waals surface area contributed by atoms with Crippen molar-refractivity contribution < 1.29 is 38.7 Å². The van der Waals surface area contributed by atoms with Crippen LogP contribution < -0.4 is 0 Å². The van der Waals surface area contributed by atoms with Crippen LogP contribution in [-0.4, -0.2) is 31.7 Å². The molecule has 50 heavy (non-hydrogen) atoms. The van der Waals surface area contributed by atoms with E-state index in [1.54, 1.807) is 30.3 Å². The molecule has 0 aromatic heterocycles. The van der Waals surface area contributed by atoms with Gasteiger partial charge in [0.15, 0.2) is 11.5 Å². The first kappa shape index (κ1) is 43.7. The fraction of sp³-hybridized carbons (Fsp3) is 0.429. The van der Waals surface area contributed by atoms with Gasteiger partial charge in [-0.05, 0) is 121 Å². The van der Waals surface area contributed by atoms with Crippen molar-refractivity contribution in [2.75, 3.05) is 0 Å². The average Bonchev–Trinajstić information content (AvgIpc) is 3.09. The molecule has 0 radical (unpaired) electrons. The average molecular weight is 699 g/mol. The second-order valence-electron chi connectivity index (χ2n) is 13.5. The number of hydrogen-bond acceptors (Lipinski definition) is 5. The maximum absolute atomic E-state index is 12.8. The third kappa shape index (κ3) is 13.2. The summed E-state index contributed by atoms with van der Waals surface area (Å²) in [6, 6.07) is 25.0. The molecule has 0 bridgehead atoms. The van der Waals surface area contributed by atoms with Gasteiger partial charge in [0.25, 0.3) is 0 Å². The van der Waals surface area contributed by atoms with E-state index in [2.05, 4.69) is 48.5 Å². The van der Waals surface area contributed by atoms with Crippen molar-refractivity contribution in [3.05, 3.63) is 113 Å². The fourth-order valence-corrected chi connectivity index (χ4v) is 4.64. The number of benzene rings is 4. The summed E-state index contributed by atoms with van der Waals surface area (Å²) in [7, 11) is 0. The highest BCUT2D eigenvalue weighted by molar-refractivity contribution is 5.41. The molecular formula is C42H57F3O5. The topological polar surface area (TPSA) is 101 Å². The Kier molecular flexibility index (Phi) is 17.3. The zero-order chi connectivity index (χ0) is 38.3. The van der Waals surface area contributed by atoms with E-state index in [1.165, 1.54) is 55.3 Å². The van der Waals surface area contributed by atoms with Crippen molar-refractivity contribution in [1.29, 1.82) is 0 Å². The zero-order valence-corrected chi connectivity index (χ0v) is 31.0. The Bertz CT molecular complexity index is 1530. The van der Waals surface area contributed by atoms with Gasteiger partial charge >= 0.3 is 6.18 Å². The van der Waals surface area contributed by atoms with Crippen LogP contribution in [0.15, 0.2) is 91.0 Å². The van der Waals surface area contributed by atoms with Crippen LogP contribution in [0.4, 0.5) is 13.2 Å². The van der Waals surface area contributed by atoms with Crippen LogP contribution in [0, 0.1) is 0 Å². The molecule has 0 saturated heterocycles. The van der Waals surface area contributed by atoms with Crippen molar-refractivity contribution in [2.24, 2.45) is 0 Å². The first-order valence-corrected chi connectivity index (χ1v) is 17.2. The molecule has 0 heterocycles. The van der Waals surface area contributed by atoms with Crippen molar-refractivity contribution in [3.63, 3.8) is 0 Å². The standard InChI is InChI=1S/C11H13F3O.C11H16O.C10H14O2.C10H14O/c1-3-10(2,11(12,13)14)8-4-6-9(15)7-5-8;1-4-11(2,3)9-5-7-10(12)8-6-9;1-3-7(2)8-4-5-9(11)10(12)6-8;1-3-8(2)9-4-6-10(11)7-5-9/h4-7,15H,3H2,1-2H3;5-8,12H,4H2,1-3H3;4-7,11-12H,3H2,1-2H3;4-8,11H,3H2,1-2H3. The molecule has 5 N–H and O–H groups in total. The summed E-state index contributed by atoms with van der Waals surface area (Å²) in [4.78, 5) is 0. The minimum Gasteiger partial charge on any atom is -0.508 e. The predicted octanol–water partition coefficient (Wildman–Crippen LogP) is 12.2. The maximum atomic E-state index is 12.8. The summed E-state index contributed by atoms with van der Waals surface area (Å²) in [6.07, 6.45) is -1.02. The molecule has 0 amide bonds. The molecule has 0 aliphatic heterocycles. The van der Waals surface area contributed by atoms with Crippen LogP contribution in [0.1, 0.15) is 122 Å². The van der Waals surface area contributed by atoms with Gasteiger partial charge < -0.3 is 25.5 Å². The summed E-state index contributed by atoms with van der Waals surface area (Å²) in [6.45, 7) is 17.8. The van der Waals surface area contributed by atoms with Gasteiger partial charge in [0.1, 0.15) is 17.2 Å². The van der Waals surface area contributed by atoms with Gasteiger partial charge in [-0.1, -0.05) is 97.9 Å². The van der Waals surface area contributed by atoms with Gasteiger partial charge in [-0.3, -0.25) is 0 Å².